The summed E-state index contributed by atoms with van der Waals surface area (Å²) < 4.78 is 4.93. The van der Waals surface area contributed by atoms with Crippen LogP contribution in [0.5, 0.6) is 0 Å². The van der Waals surface area contributed by atoms with Crippen molar-refractivity contribution < 1.29 is 23.9 Å². The van der Waals surface area contributed by atoms with Gasteiger partial charge in [0.05, 0.1) is 11.8 Å². The number of carboxylic acids is 1. The lowest BCUT2D eigenvalue weighted by atomic mass is 10.1. The van der Waals surface area contributed by atoms with Gasteiger partial charge in [-0.3, -0.25) is 14.4 Å². The third-order valence-corrected chi connectivity index (χ3v) is 3.90. The predicted molar refractivity (Wildman–Crippen MR) is 77.3 cm³/mol. The Labute approximate surface area is 128 Å². The van der Waals surface area contributed by atoms with E-state index in [0.717, 1.165) is 6.42 Å². The summed E-state index contributed by atoms with van der Waals surface area (Å²) in [5.41, 5.74) is 0.507. The first-order chi connectivity index (χ1) is 10.5. The van der Waals surface area contributed by atoms with Gasteiger partial charge in [0, 0.05) is 26.1 Å². The normalized spacial score (nSPS) is 18.6. The fraction of sp³-hybridized carbons (Fsp3) is 0.533. The van der Waals surface area contributed by atoms with E-state index in [2.05, 4.69) is 0 Å². The zero-order valence-electron chi connectivity index (χ0n) is 12.5. The number of furan rings is 1. The van der Waals surface area contributed by atoms with E-state index in [1.54, 1.807) is 11.0 Å². The van der Waals surface area contributed by atoms with Crippen LogP contribution in [-0.2, 0) is 9.59 Å². The molecule has 0 unspecified atom stereocenters. The lowest BCUT2D eigenvalue weighted by Crippen LogP contribution is -2.43. The topological polar surface area (TPSA) is 91.1 Å². The molecule has 0 saturated carbocycles. The van der Waals surface area contributed by atoms with Gasteiger partial charge in [0.15, 0.2) is 0 Å². The van der Waals surface area contributed by atoms with Crippen LogP contribution in [0.4, 0.5) is 0 Å². The van der Waals surface area contributed by atoms with Crippen molar-refractivity contribution >= 4 is 17.8 Å². The summed E-state index contributed by atoms with van der Waals surface area (Å²) in [4.78, 5) is 38.0. The van der Waals surface area contributed by atoms with E-state index in [1.165, 1.54) is 24.3 Å². The monoisotopic (exact) mass is 308 g/mol. The molecule has 0 radical (unpaired) electrons. The van der Waals surface area contributed by atoms with Gasteiger partial charge in [0.2, 0.25) is 5.91 Å². The van der Waals surface area contributed by atoms with Gasteiger partial charge in [-0.15, -0.1) is 0 Å². The fourth-order valence-corrected chi connectivity index (χ4v) is 2.81. The Bertz CT molecular complexity index is 540. The standard InChI is InChI=1S/C15H20N2O5/c1-11(18)17(9-14(19)20)13-3-2-6-16(7-4-13)15(21)12-5-8-22-10-12/h5,8,10,13H,2-4,6-7,9H2,1H3,(H,19,20)/t13-/m0/s1. The minimum Gasteiger partial charge on any atom is -0.480 e. The van der Waals surface area contributed by atoms with Crippen molar-refractivity contribution in [3.8, 4) is 0 Å². The molecule has 1 aliphatic heterocycles. The summed E-state index contributed by atoms with van der Waals surface area (Å²) in [5.74, 6) is -1.37. The van der Waals surface area contributed by atoms with Crippen molar-refractivity contribution in [3.05, 3.63) is 24.2 Å². The third-order valence-electron chi connectivity index (χ3n) is 3.90. The van der Waals surface area contributed by atoms with Crippen LogP contribution in [0.2, 0.25) is 0 Å². The molecule has 2 heterocycles. The van der Waals surface area contributed by atoms with Gasteiger partial charge in [-0.05, 0) is 25.3 Å². The number of carboxylic acid groups (broad SMARTS) is 1. The van der Waals surface area contributed by atoms with E-state index >= 15 is 0 Å². The Morgan fingerprint density at radius 3 is 2.73 bits per heavy atom. The number of carbonyl (C=O) groups excluding carboxylic acids is 2. The predicted octanol–water partition coefficient (Wildman–Crippen LogP) is 1.21. The summed E-state index contributed by atoms with van der Waals surface area (Å²) in [6, 6.07) is 1.48. The van der Waals surface area contributed by atoms with Crippen LogP contribution in [0.15, 0.2) is 23.0 Å². The van der Waals surface area contributed by atoms with E-state index in [9.17, 15) is 14.4 Å². The molecule has 1 atom stereocenters. The molecule has 2 rings (SSSR count). The molecule has 7 nitrogen and oxygen atoms in total. The van der Waals surface area contributed by atoms with Crippen molar-refractivity contribution in [1.29, 1.82) is 0 Å². The Morgan fingerprint density at radius 1 is 1.36 bits per heavy atom. The zero-order chi connectivity index (χ0) is 16.1. The SMILES string of the molecule is CC(=O)N(CC(=O)O)[C@H]1CCCN(C(=O)c2ccoc2)CC1. The van der Waals surface area contributed by atoms with Crippen LogP contribution >= 0.6 is 0 Å². The molecule has 2 amide bonds. The van der Waals surface area contributed by atoms with Gasteiger partial charge in [0.25, 0.3) is 5.91 Å². The van der Waals surface area contributed by atoms with Gasteiger partial charge in [0.1, 0.15) is 12.8 Å². The summed E-state index contributed by atoms with van der Waals surface area (Å²) >= 11 is 0. The van der Waals surface area contributed by atoms with Gasteiger partial charge in [-0.25, -0.2) is 0 Å². The molecule has 0 bridgehead atoms. The first kappa shape index (κ1) is 16.1. The summed E-state index contributed by atoms with van der Waals surface area (Å²) in [6.45, 7) is 2.18. The summed E-state index contributed by atoms with van der Waals surface area (Å²) in [6.07, 6.45) is 4.88. The average molecular weight is 308 g/mol. The van der Waals surface area contributed by atoms with Crippen LogP contribution in [0.1, 0.15) is 36.5 Å². The second-order valence-electron chi connectivity index (χ2n) is 5.43. The van der Waals surface area contributed by atoms with Crippen LogP contribution in [0, 0.1) is 0 Å². The first-order valence-corrected chi connectivity index (χ1v) is 7.29. The fourth-order valence-electron chi connectivity index (χ4n) is 2.81. The Hall–Kier alpha value is -2.31. The molecule has 120 valence electrons. The largest absolute Gasteiger partial charge is 0.480 e. The van der Waals surface area contributed by atoms with Crippen LogP contribution in [0.3, 0.4) is 0 Å². The summed E-state index contributed by atoms with van der Waals surface area (Å²) in [7, 11) is 0. The molecule has 1 aromatic heterocycles. The molecule has 1 aliphatic rings. The minimum absolute atomic E-state index is 0.0954. The lowest BCUT2D eigenvalue weighted by molar-refractivity contribution is -0.145. The Kier molecular flexibility index (Phi) is 5.19. The molecular formula is C15H20N2O5. The maximum absolute atomic E-state index is 12.3. The molecule has 22 heavy (non-hydrogen) atoms. The van der Waals surface area contributed by atoms with Crippen molar-refractivity contribution in [2.24, 2.45) is 0 Å². The Balaban J connectivity index is 2.01. The van der Waals surface area contributed by atoms with E-state index in [-0.39, 0.29) is 24.4 Å². The highest BCUT2D eigenvalue weighted by Gasteiger charge is 2.28. The molecular weight excluding hydrogens is 288 g/mol. The first-order valence-electron chi connectivity index (χ1n) is 7.29. The number of amides is 2. The van der Waals surface area contributed by atoms with Crippen molar-refractivity contribution in [1.82, 2.24) is 9.80 Å². The van der Waals surface area contributed by atoms with Gasteiger partial charge in [-0.1, -0.05) is 0 Å². The van der Waals surface area contributed by atoms with Gasteiger partial charge < -0.3 is 19.3 Å². The second kappa shape index (κ2) is 7.11. The average Bonchev–Trinajstić information content (AvgIpc) is 2.89. The number of carbonyl (C=O) groups is 3. The van der Waals surface area contributed by atoms with E-state index in [4.69, 9.17) is 9.52 Å². The minimum atomic E-state index is -1.02. The number of aliphatic carboxylic acids is 1. The number of nitrogens with zero attached hydrogens (tertiary/aromatic N) is 2. The highest BCUT2D eigenvalue weighted by atomic mass is 16.4. The van der Waals surface area contributed by atoms with Gasteiger partial charge >= 0.3 is 5.97 Å². The second-order valence-corrected chi connectivity index (χ2v) is 5.43. The number of hydrogen-bond acceptors (Lipinski definition) is 4. The maximum Gasteiger partial charge on any atom is 0.323 e. The molecule has 0 aliphatic carbocycles. The third kappa shape index (κ3) is 3.87. The van der Waals surface area contributed by atoms with Crippen molar-refractivity contribution in [2.75, 3.05) is 19.6 Å². The number of rotatable bonds is 4. The highest BCUT2D eigenvalue weighted by molar-refractivity contribution is 5.93. The maximum atomic E-state index is 12.3. The highest BCUT2D eigenvalue weighted by Crippen LogP contribution is 2.19. The lowest BCUT2D eigenvalue weighted by Gasteiger charge is -2.28. The molecule has 7 heteroatoms. The zero-order valence-corrected chi connectivity index (χ0v) is 12.5. The van der Waals surface area contributed by atoms with Crippen LogP contribution < -0.4 is 0 Å². The van der Waals surface area contributed by atoms with Crippen molar-refractivity contribution in [3.63, 3.8) is 0 Å². The number of likely N-dealkylation sites (tertiary alicyclic amines) is 1. The number of hydrogen-bond donors (Lipinski definition) is 1. The van der Waals surface area contributed by atoms with E-state index in [1.807, 2.05) is 0 Å². The van der Waals surface area contributed by atoms with E-state index < -0.39 is 5.97 Å². The molecule has 1 saturated heterocycles. The summed E-state index contributed by atoms with van der Waals surface area (Å²) in [5, 5.41) is 8.93. The van der Waals surface area contributed by atoms with Crippen LogP contribution in [-0.4, -0.2) is 58.4 Å². The molecule has 0 aromatic carbocycles. The molecule has 1 N–H and O–H groups in total. The molecule has 1 aromatic rings. The van der Waals surface area contributed by atoms with Crippen molar-refractivity contribution in [2.45, 2.75) is 32.2 Å². The quantitative estimate of drug-likeness (QED) is 0.902. The smallest absolute Gasteiger partial charge is 0.323 e. The Morgan fingerprint density at radius 2 is 2.14 bits per heavy atom. The molecule has 1 fully saturated rings. The van der Waals surface area contributed by atoms with Gasteiger partial charge in [-0.2, -0.15) is 0 Å². The van der Waals surface area contributed by atoms with Crippen LogP contribution in [0.25, 0.3) is 0 Å². The molecule has 0 spiro atoms. The van der Waals surface area contributed by atoms with E-state index in [0.29, 0.717) is 31.5 Å².